The third-order valence-corrected chi connectivity index (χ3v) is 7.57. The summed E-state index contributed by atoms with van der Waals surface area (Å²) in [5, 5.41) is 6.96. The van der Waals surface area contributed by atoms with Crippen molar-refractivity contribution in [1.82, 2.24) is 15.4 Å². The van der Waals surface area contributed by atoms with E-state index < -0.39 is 35.2 Å². The number of rotatable bonds is 7. The van der Waals surface area contributed by atoms with Crippen molar-refractivity contribution in [3.8, 4) is 5.75 Å². The van der Waals surface area contributed by atoms with Crippen LogP contribution in [-0.2, 0) is 31.5 Å². The molecule has 3 amide bonds. The van der Waals surface area contributed by atoms with Crippen LogP contribution < -0.4 is 10.1 Å². The van der Waals surface area contributed by atoms with Crippen molar-refractivity contribution in [1.29, 1.82) is 0 Å². The molecule has 13 heteroatoms. The maximum Gasteiger partial charge on any atom is 0.493 e. The van der Waals surface area contributed by atoms with Crippen molar-refractivity contribution in [3.63, 3.8) is 0 Å². The van der Waals surface area contributed by atoms with Crippen molar-refractivity contribution < 1.29 is 42.0 Å². The lowest BCUT2D eigenvalue weighted by molar-refractivity contribution is -0.233. The summed E-state index contributed by atoms with van der Waals surface area (Å²) in [4.78, 5) is 51.4. The lowest BCUT2D eigenvalue weighted by Gasteiger charge is -2.33. The SMILES string of the molecule is Cc1cc(COc2ccc(C3(C(C)C)CC(C4(C)C(=O)NC(=O)N4OC(=O)C(F)(F)F)=NO3)cc2)c2ccccc2n1. The highest BCUT2D eigenvalue weighted by molar-refractivity contribution is 6.22. The van der Waals surface area contributed by atoms with Crippen molar-refractivity contribution >= 4 is 34.5 Å². The zero-order chi connectivity index (χ0) is 30.4. The number of carbonyl (C=O) groups excluding carboxylic acids is 3. The molecule has 2 unspecified atom stereocenters. The van der Waals surface area contributed by atoms with Crippen molar-refractivity contribution in [2.45, 2.75) is 58.0 Å². The number of pyridine rings is 1. The third-order valence-electron chi connectivity index (χ3n) is 7.57. The number of aryl methyl sites for hydroxylation is 1. The van der Waals surface area contributed by atoms with Gasteiger partial charge in [-0.05, 0) is 43.7 Å². The smallest absolute Gasteiger partial charge is 0.489 e. The fourth-order valence-electron chi connectivity index (χ4n) is 5.10. The normalized spacial score (nSPS) is 22.3. The predicted molar refractivity (Wildman–Crippen MR) is 143 cm³/mol. The molecule has 1 aromatic heterocycles. The first-order valence-corrected chi connectivity index (χ1v) is 13.0. The number of ether oxygens (including phenoxy) is 1. The number of urea groups is 1. The van der Waals surface area contributed by atoms with Gasteiger partial charge in [-0.25, -0.2) is 9.59 Å². The molecule has 1 saturated heterocycles. The molecule has 220 valence electrons. The molecule has 3 aromatic rings. The van der Waals surface area contributed by atoms with E-state index in [9.17, 15) is 27.6 Å². The number of para-hydroxylation sites is 1. The summed E-state index contributed by atoms with van der Waals surface area (Å²) in [6.45, 7) is 7.05. The molecule has 2 aliphatic rings. The molecular weight excluding hydrogens is 557 g/mol. The Morgan fingerprint density at radius 3 is 2.50 bits per heavy atom. The monoisotopic (exact) mass is 584 g/mol. The second kappa shape index (κ2) is 10.3. The van der Waals surface area contributed by atoms with E-state index in [1.54, 1.807) is 24.3 Å². The molecule has 0 aliphatic carbocycles. The van der Waals surface area contributed by atoms with Gasteiger partial charge < -0.3 is 14.4 Å². The molecule has 0 spiro atoms. The van der Waals surface area contributed by atoms with Crippen LogP contribution in [0.25, 0.3) is 10.9 Å². The van der Waals surface area contributed by atoms with Crippen LogP contribution >= 0.6 is 0 Å². The van der Waals surface area contributed by atoms with E-state index in [0.29, 0.717) is 17.9 Å². The number of hydrogen-bond acceptors (Lipinski definition) is 8. The van der Waals surface area contributed by atoms with Gasteiger partial charge >= 0.3 is 18.2 Å². The summed E-state index contributed by atoms with van der Waals surface area (Å²) in [7, 11) is 0. The molecule has 2 atom stereocenters. The van der Waals surface area contributed by atoms with Crippen molar-refractivity contribution in [3.05, 3.63) is 71.4 Å². The maximum atomic E-state index is 12.9. The molecule has 1 fully saturated rings. The first kappa shape index (κ1) is 28.8. The second-order valence-corrected chi connectivity index (χ2v) is 10.6. The number of imide groups is 1. The Bertz CT molecular complexity index is 1610. The molecule has 10 nitrogen and oxygen atoms in total. The molecule has 3 heterocycles. The van der Waals surface area contributed by atoms with E-state index in [1.807, 2.05) is 56.4 Å². The van der Waals surface area contributed by atoms with Crippen LogP contribution in [0.4, 0.5) is 18.0 Å². The van der Waals surface area contributed by atoms with Gasteiger partial charge in [0.15, 0.2) is 11.1 Å². The number of hydroxylamine groups is 2. The molecule has 2 aromatic carbocycles. The summed E-state index contributed by atoms with van der Waals surface area (Å²) in [6, 6.07) is 15.5. The minimum atomic E-state index is -5.39. The number of nitrogens with one attached hydrogen (secondary N) is 1. The number of halogens is 3. The van der Waals surface area contributed by atoms with Gasteiger partial charge in [0.1, 0.15) is 18.1 Å². The van der Waals surface area contributed by atoms with E-state index in [2.05, 4.69) is 15.0 Å². The Labute approximate surface area is 238 Å². The topological polar surface area (TPSA) is 119 Å². The number of fused-ring (bicyclic) bond motifs is 1. The average molecular weight is 585 g/mol. The van der Waals surface area contributed by atoms with Crippen LogP contribution in [0.1, 0.15) is 44.0 Å². The number of hydrogen-bond donors (Lipinski definition) is 1. The number of carbonyl (C=O) groups is 3. The van der Waals surface area contributed by atoms with Gasteiger partial charge in [0, 0.05) is 29.0 Å². The quantitative estimate of drug-likeness (QED) is 0.385. The van der Waals surface area contributed by atoms with Gasteiger partial charge in [0.25, 0.3) is 5.91 Å². The fraction of sp³-hybridized carbons (Fsp3) is 0.345. The predicted octanol–water partition coefficient (Wildman–Crippen LogP) is 5.08. The number of aromatic nitrogens is 1. The van der Waals surface area contributed by atoms with Gasteiger partial charge in [-0.2, -0.15) is 13.2 Å². The van der Waals surface area contributed by atoms with Crippen LogP contribution in [0.2, 0.25) is 0 Å². The van der Waals surface area contributed by atoms with E-state index >= 15 is 0 Å². The summed E-state index contributed by atoms with van der Waals surface area (Å²) < 4.78 is 44.7. The molecular formula is C29H27F3N4O6. The van der Waals surface area contributed by atoms with Gasteiger partial charge in [-0.1, -0.05) is 49.3 Å². The van der Waals surface area contributed by atoms with Gasteiger partial charge in [0.2, 0.25) is 0 Å². The van der Waals surface area contributed by atoms with E-state index in [-0.39, 0.29) is 23.1 Å². The largest absolute Gasteiger partial charge is 0.493 e. The van der Waals surface area contributed by atoms with E-state index in [0.717, 1.165) is 29.1 Å². The first-order valence-electron chi connectivity index (χ1n) is 13.0. The molecule has 0 saturated carbocycles. The standard InChI is InChI=1S/C29H27F3N4O6/c1-16(2)28(14-23(35-42-28)27(4)24(37)34-26(39)36(27)41-25(38)29(30,31)32)19-9-11-20(12-10-19)40-15-18-13-17(3)33-22-8-6-5-7-21(18)22/h5-13,16H,14-15H2,1-4H3,(H,34,37,39). The molecule has 2 aliphatic heterocycles. The Hall–Kier alpha value is -4.68. The minimum absolute atomic E-state index is 0.0607. The van der Waals surface area contributed by atoms with Crippen molar-refractivity contribution in [2.24, 2.45) is 11.1 Å². The second-order valence-electron chi connectivity index (χ2n) is 10.6. The highest BCUT2D eigenvalue weighted by Crippen LogP contribution is 2.45. The van der Waals surface area contributed by atoms with Crippen LogP contribution in [0.5, 0.6) is 5.75 Å². The number of benzene rings is 2. The average Bonchev–Trinajstić information content (AvgIpc) is 3.49. The van der Waals surface area contributed by atoms with Gasteiger partial charge in [0.05, 0.1) is 5.52 Å². The molecule has 0 bridgehead atoms. The number of amides is 3. The number of oxime groups is 1. The van der Waals surface area contributed by atoms with Crippen LogP contribution in [-0.4, -0.2) is 45.4 Å². The van der Waals surface area contributed by atoms with Crippen LogP contribution in [0.3, 0.4) is 0 Å². The van der Waals surface area contributed by atoms with E-state index in [4.69, 9.17) is 9.57 Å². The highest BCUT2D eigenvalue weighted by Gasteiger charge is 2.61. The molecule has 5 rings (SSSR count). The van der Waals surface area contributed by atoms with Gasteiger partial charge in [-0.3, -0.25) is 15.1 Å². The number of nitrogens with zero attached hydrogens (tertiary/aromatic N) is 3. The highest BCUT2D eigenvalue weighted by atomic mass is 19.4. The van der Waals surface area contributed by atoms with Crippen LogP contribution in [0.15, 0.2) is 59.8 Å². The summed E-state index contributed by atoms with van der Waals surface area (Å²) in [5.41, 5.74) is -0.0159. The first-order chi connectivity index (χ1) is 19.8. The summed E-state index contributed by atoms with van der Waals surface area (Å²) >= 11 is 0. The Balaban J connectivity index is 1.36. The summed E-state index contributed by atoms with van der Waals surface area (Å²) in [5.74, 6) is -3.33. The maximum absolute atomic E-state index is 12.9. The molecule has 42 heavy (non-hydrogen) atoms. The Morgan fingerprint density at radius 1 is 1.14 bits per heavy atom. The van der Waals surface area contributed by atoms with Crippen molar-refractivity contribution in [2.75, 3.05) is 0 Å². The molecule has 1 N–H and O–H groups in total. The molecule has 0 radical (unpaired) electrons. The summed E-state index contributed by atoms with van der Waals surface area (Å²) in [6.07, 6.45) is -5.47. The van der Waals surface area contributed by atoms with E-state index in [1.165, 1.54) is 0 Å². The Kier molecular flexibility index (Phi) is 7.07. The van der Waals surface area contributed by atoms with Gasteiger partial charge in [-0.15, -0.1) is 5.06 Å². The zero-order valence-corrected chi connectivity index (χ0v) is 23.1. The minimum Gasteiger partial charge on any atom is -0.489 e. The Morgan fingerprint density at radius 2 is 1.83 bits per heavy atom. The third kappa shape index (κ3) is 4.88. The lowest BCUT2D eigenvalue weighted by atomic mass is 9.76. The number of alkyl halides is 3. The van der Waals surface area contributed by atoms with Crippen LogP contribution in [0, 0.1) is 12.8 Å². The lowest BCUT2D eigenvalue weighted by Crippen LogP contribution is -2.55. The zero-order valence-electron chi connectivity index (χ0n) is 23.1. The fourth-order valence-corrected chi connectivity index (χ4v) is 5.10.